The first-order valence-corrected chi connectivity index (χ1v) is 8.69. The molecule has 0 atom stereocenters. The van der Waals surface area contributed by atoms with Crippen LogP contribution in [0.25, 0.3) is 22.6 Å². The Morgan fingerprint density at radius 3 is 2.33 bits per heavy atom. The molecule has 138 valence electrons. The Morgan fingerprint density at radius 1 is 1.15 bits per heavy atom. The molecule has 0 saturated heterocycles. The topological polar surface area (TPSA) is 86.2 Å². The lowest BCUT2D eigenvalue weighted by atomic mass is 9.94. The van der Waals surface area contributed by atoms with E-state index < -0.39 is 10.2 Å². The van der Waals surface area contributed by atoms with Crippen LogP contribution in [0.3, 0.4) is 0 Å². The Morgan fingerprint density at radius 2 is 1.78 bits per heavy atom. The number of hydrogen-bond acceptors (Lipinski definition) is 5. The molecule has 1 heterocycles. The lowest BCUT2D eigenvalue weighted by Gasteiger charge is -2.09. The van der Waals surface area contributed by atoms with E-state index in [0.29, 0.717) is 5.56 Å². The molecule has 0 bridgehead atoms. The number of nitro benzene ring substituents is 1. The van der Waals surface area contributed by atoms with Crippen LogP contribution in [-0.4, -0.2) is 15.3 Å². The number of carbonyl (C=O) groups is 1. The van der Waals surface area contributed by atoms with Gasteiger partial charge in [-0.15, -0.1) is 0 Å². The van der Waals surface area contributed by atoms with E-state index in [9.17, 15) is 14.9 Å². The van der Waals surface area contributed by atoms with Crippen molar-refractivity contribution in [1.29, 1.82) is 0 Å². The fourth-order valence-electron chi connectivity index (χ4n) is 3.26. The van der Waals surface area contributed by atoms with Crippen molar-refractivity contribution in [2.75, 3.05) is 0 Å². The molecule has 3 aromatic rings. The van der Waals surface area contributed by atoms with Crippen LogP contribution in [0.4, 0.5) is 5.69 Å². The maximum Gasteiger partial charge on any atom is 0.282 e. The first-order valence-electron chi connectivity index (χ1n) is 7.93. The molecule has 8 heteroatoms. The highest BCUT2D eigenvalue weighted by molar-refractivity contribution is 6.68. The number of nitro groups is 1. The monoisotopic (exact) mass is 404 g/mol. The summed E-state index contributed by atoms with van der Waals surface area (Å²) < 4.78 is 5.37. The Labute approximate surface area is 164 Å². The molecule has 6 nitrogen and oxygen atoms in total. The summed E-state index contributed by atoms with van der Waals surface area (Å²) in [6.07, 6.45) is 0. The van der Waals surface area contributed by atoms with E-state index in [1.165, 1.54) is 18.2 Å². The number of aryl methyl sites for hydroxylation is 3. The fraction of sp³-hybridized carbons (Fsp3) is 0.158. The van der Waals surface area contributed by atoms with Crippen molar-refractivity contribution >= 4 is 34.1 Å². The molecule has 27 heavy (non-hydrogen) atoms. The second-order valence-electron chi connectivity index (χ2n) is 6.17. The summed E-state index contributed by atoms with van der Waals surface area (Å²) >= 11 is 12.0. The third kappa shape index (κ3) is 3.34. The standard InChI is InChI=1S/C19H14Cl2N2O4/c1-9-7-10(2)14(11(3)8-9)17-16(19(21)24)18(27-22-17)15-12(20)5-4-6-13(15)23(25)26/h4-8H,1-3H3. The summed E-state index contributed by atoms with van der Waals surface area (Å²) in [6.45, 7) is 5.72. The Kier molecular flexibility index (Phi) is 5.04. The highest BCUT2D eigenvalue weighted by Crippen LogP contribution is 2.42. The lowest BCUT2D eigenvalue weighted by molar-refractivity contribution is -0.384. The van der Waals surface area contributed by atoms with E-state index in [2.05, 4.69) is 5.16 Å². The van der Waals surface area contributed by atoms with Crippen molar-refractivity contribution in [1.82, 2.24) is 5.16 Å². The van der Waals surface area contributed by atoms with Crippen molar-refractivity contribution < 1.29 is 14.2 Å². The Hall–Kier alpha value is -2.70. The minimum Gasteiger partial charge on any atom is -0.354 e. The van der Waals surface area contributed by atoms with Crippen molar-refractivity contribution in [3.8, 4) is 22.6 Å². The van der Waals surface area contributed by atoms with Gasteiger partial charge in [-0.2, -0.15) is 0 Å². The molecule has 0 radical (unpaired) electrons. The van der Waals surface area contributed by atoms with Crippen molar-refractivity contribution in [3.05, 3.63) is 67.7 Å². The van der Waals surface area contributed by atoms with Crippen molar-refractivity contribution in [3.63, 3.8) is 0 Å². The van der Waals surface area contributed by atoms with Crippen molar-refractivity contribution in [2.45, 2.75) is 20.8 Å². The summed E-state index contributed by atoms with van der Waals surface area (Å²) in [4.78, 5) is 23.0. The number of hydrogen-bond donors (Lipinski definition) is 0. The van der Waals surface area contributed by atoms with Crippen LogP contribution in [0.5, 0.6) is 0 Å². The number of halogens is 2. The molecule has 0 unspecified atom stereocenters. The van der Waals surface area contributed by atoms with Gasteiger partial charge in [-0.1, -0.05) is 40.5 Å². The van der Waals surface area contributed by atoms with E-state index in [-0.39, 0.29) is 33.3 Å². The summed E-state index contributed by atoms with van der Waals surface area (Å²) in [5.74, 6) is -0.123. The van der Waals surface area contributed by atoms with Gasteiger partial charge in [0.15, 0.2) is 5.76 Å². The molecule has 1 aromatic heterocycles. The second kappa shape index (κ2) is 7.13. The predicted octanol–water partition coefficient (Wildman–Crippen LogP) is 5.87. The quantitative estimate of drug-likeness (QED) is 0.308. The minimum atomic E-state index is -0.838. The van der Waals surface area contributed by atoms with Gasteiger partial charge in [-0.3, -0.25) is 14.9 Å². The zero-order chi connectivity index (χ0) is 19.9. The third-order valence-corrected chi connectivity index (χ3v) is 4.72. The molecular formula is C19H14Cl2N2O4. The normalized spacial score (nSPS) is 10.9. The Balaban J connectivity index is 2.36. The first-order chi connectivity index (χ1) is 12.7. The zero-order valence-electron chi connectivity index (χ0n) is 14.7. The molecule has 0 N–H and O–H groups in total. The van der Waals surface area contributed by atoms with E-state index in [0.717, 1.165) is 16.7 Å². The zero-order valence-corrected chi connectivity index (χ0v) is 16.2. The van der Waals surface area contributed by atoms with Crippen molar-refractivity contribution in [2.24, 2.45) is 0 Å². The molecular weight excluding hydrogens is 391 g/mol. The van der Waals surface area contributed by atoms with Crippen LogP contribution in [0.2, 0.25) is 5.02 Å². The van der Waals surface area contributed by atoms with Crippen LogP contribution >= 0.6 is 23.2 Å². The number of nitrogens with zero attached hydrogens (tertiary/aromatic N) is 2. The van der Waals surface area contributed by atoms with Gasteiger partial charge in [0, 0.05) is 11.6 Å². The van der Waals surface area contributed by atoms with Crippen LogP contribution in [0.1, 0.15) is 27.0 Å². The fourth-order valence-corrected chi connectivity index (χ4v) is 3.69. The van der Waals surface area contributed by atoms with Gasteiger partial charge in [0.2, 0.25) is 0 Å². The van der Waals surface area contributed by atoms with Gasteiger partial charge in [-0.25, -0.2) is 0 Å². The molecule has 0 spiro atoms. The van der Waals surface area contributed by atoms with Gasteiger partial charge in [0.05, 0.1) is 9.95 Å². The van der Waals surface area contributed by atoms with Crippen LogP contribution in [0, 0.1) is 30.9 Å². The molecule has 0 aliphatic rings. The second-order valence-corrected chi connectivity index (χ2v) is 6.92. The van der Waals surface area contributed by atoms with Gasteiger partial charge < -0.3 is 4.52 Å². The molecule has 0 aliphatic heterocycles. The predicted molar refractivity (Wildman–Crippen MR) is 103 cm³/mol. The smallest absolute Gasteiger partial charge is 0.282 e. The number of aromatic nitrogens is 1. The largest absolute Gasteiger partial charge is 0.354 e. The molecule has 0 fully saturated rings. The van der Waals surface area contributed by atoms with Gasteiger partial charge >= 0.3 is 0 Å². The lowest BCUT2D eigenvalue weighted by Crippen LogP contribution is -1.99. The van der Waals surface area contributed by atoms with E-state index >= 15 is 0 Å². The Bertz CT molecular complexity index is 1070. The number of rotatable bonds is 4. The average Bonchev–Trinajstić information content (AvgIpc) is 2.97. The van der Waals surface area contributed by atoms with Gasteiger partial charge in [0.1, 0.15) is 16.8 Å². The number of benzene rings is 2. The molecule has 3 rings (SSSR count). The minimum absolute atomic E-state index is 0.0330. The first kappa shape index (κ1) is 19.1. The average molecular weight is 405 g/mol. The molecule has 0 amide bonds. The summed E-state index contributed by atoms with van der Waals surface area (Å²) in [5, 5.41) is 14.7. The number of carbonyl (C=O) groups excluding carboxylic acids is 1. The van der Waals surface area contributed by atoms with Crippen LogP contribution < -0.4 is 0 Å². The molecule has 0 saturated carbocycles. The van der Waals surface area contributed by atoms with E-state index in [1.807, 2.05) is 32.9 Å². The summed E-state index contributed by atoms with van der Waals surface area (Å²) in [5.41, 5.74) is 3.33. The molecule has 2 aromatic carbocycles. The summed E-state index contributed by atoms with van der Waals surface area (Å²) in [6, 6.07) is 8.07. The highest BCUT2D eigenvalue weighted by Gasteiger charge is 2.31. The molecule has 0 aliphatic carbocycles. The summed E-state index contributed by atoms with van der Waals surface area (Å²) in [7, 11) is 0. The maximum absolute atomic E-state index is 12.2. The van der Waals surface area contributed by atoms with Crippen LogP contribution in [-0.2, 0) is 0 Å². The van der Waals surface area contributed by atoms with Gasteiger partial charge in [0.25, 0.3) is 10.9 Å². The van der Waals surface area contributed by atoms with E-state index in [4.69, 9.17) is 27.7 Å². The maximum atomic E-state index is 12.2. The van der Waals surface area contributed by atoms with Crippen LogP contribution in [0.15, 0.2) is 34.9 Å². The SMILES string of the molecule is Cc1cc(C)c(-c2noc(-c3c(Cl)cccc3[N+](=O)[O-])c2C(=O)Cl)c(C)c1. The third-order valence-electron chi connectivity index (χ3n) is 4.22. The highest BCUT2D eigenvalue weighted by atomic mass is 35.5. The van der Waals surface area contributed by atoms with E-state index in [1.54, 1.807) is 0 Å². The van der Waals surface area contributed by atoms with Gasteiger partial charge in [-0.05, 0) is 49.6 Å².